The van der Waals surface area contributed by atoms with Gasteiger partial charge in [0, 0.05) is 29.1 Å². The zero-order valence-electron chi connectivity index (χ0n) is 15.8. The molecular formula is C21H12F6N2O2S. The Morgan fingerprint density at radius 1 is 0.938 bits per heavy atom. The van der Waals surface area contributed by atoms with E-state index >= 15 is 0 Å². The summed E-state index contributed by atoms with van der Waals surface area (Å²) >= 11 is 0.533. The van der Waals surface area contributed by atoms with Crippen molar-refractivity contribution < 1.29 is 35.9 Å². The molecule has 0 radical (unpaired) electrons. The standard InChI is InChI=1S/C21H12F6N2O2S/c22-20(23,24)11-6-5-10(15(8-11)21(25,26)27)7-13(17-18(30)29-19(31)32-17)14-9-28-16-4-2-1-3-12(14)16/h1-6,8-9,28H,7H2,(H,29,30,31)/b17-13+. The van der Waals surface area contributed by atoms with E-state index in [2.05, 4.69) is 10.3 Å². The first kappa shape index (κ1) is 22.0. The van der Waals surface area contributed by atoms with Gasteiger partial charge in [-0.3, -0.25) is 14.9 Å². The van der Waals surface area contributed by atoms with Crippen molar-refractivity contribution in [3.05, 3.63) is 75.8 Å². The lowest BCUT2D eigenvalue weighted by Crippen LogP contribution is -2.19. The monoisotopic (exact) mass is 470 g/mol. The number of aromatic amines is 1. The molecule has 0 atom stereocenters. The molecule has 0 unspecified atom stereocenters. The summed E-state index contributed by atoms with van der Waals surface area (Å²) in [6.45, 7) is 0. The Balaban J connectivity index is 1.91. The summed E-state index contributed by atoms with van der Waals surface area (Å²) in [6.07, 6.45) is -9.05. The number of fused-ring (bicyclic) bond motifs is 1. The van der Waals surface area contributed by atoms with Crippen molar-refractivity contribution in [3.63, 3.8) is 0 Å². The van der Waals surface area contributed by atoms with Gasteiger partial charge in [0.15, 0.2) is 0 Å². The molecule has 166 valence electrons. The van der Waals surface area contributed by atoms with E-state index in [1.807, 2.05) is 0 Å². The van der Waals surface area contributed by atoms with Crippen molar-refractivity contribution in [2.75, 3.05) is 0 Å². The number of allylic oxidation sites excluding steroid dienone is 1. The lowest BCUT2D eigenvalue weighted by molar-refractivity contribution is -0.143. The number of para-hydroxylation sites is 1. The van der Waals surface area contributed by atoms with Crippen molar-refractivity contribution in [1.29, 1.82) is 0 Å². The highest BCUT2D eigenvalue weighted by atomic mass is 32.2. The summed E-state index contributed by atoms with van der Waals surface area (Å²) < 4.78 is 80.0. The number of alkyl halides is 6. The number of hydrogen-bond donors (Lipinski definition) is 2. The number of carbonyl (C=O) groups excluding carboxylic acids is 2. The number of rotatable bonds is 3. The highest BCUT2D eigenvalue weighted by Crippen LogP contribution is 2.41. The number of H-pyrrole nitrogens is 1. The minimum Gasteiger partial charge on any atom is -0.361 e. The second kappa shape index (κ2) is 7.73. The number of amides is 2. The SMILES string of the molecule is O=C1NC(=O)/C(=C(/Cc2ccc(C(F)(F)F)cc2C(F)(F)F)c2c[nH]c3ccccc23)S1. The van der Waals surface area contributed by atoms with E-state index < -0.39 is 46.6 Å². The minimum absolute atomic E-state index is 0.0554. The first-order valence-electron chi connectivity index (χ1n) is 9.05. The van der Waals surface area contributed by atoms with Gasteiger partial charge in [-0.1, -0.05) is 24.3 Å². The molecule has 1 fully saturated rings. The highest BCUT2D eigenvalue weighted by Gasteiger charge is 2.39. The number of thioether (sulfide) groups is 1. The Hall–Kier alpha value is -3.21. The molecule has 1 aliphatic rings. The fraction of sp³-hybridized carbons (Fsp3) is 0.143. The van der Waals surface area contributed by atoms with Crippen LogP contribution < -0.4 is 5.32 Å². The Kier molecular flexibility index (Phi) is 5.32. The molecule has 32 heavy (non-hydrogen) atoms. The van der Waals surface area contributed by atoms with Gasteiger partial charge in [-0.15, -0.1) is 0 Å². The van der Waals surface area contributed by atoms with Gasteiger partial charge in [0.25, 0.3) is 11.1 Å². The summed E-state index contributed by atoms with van der Waals surface area (Å²) in [4.78, 5) is 26.9. The summed E-state index contributed by atoms with van der Waals surface area (Å²) in [7, 11) is 0. The zero-order chi connectivity index (χ0) is 23.3. The first-order valence-corrected chi connectivity index (χ1v) is 9.87. The third-order valence-electron chi connectivity index (χ3n) is 4.91. The molecule has 1 saturated heterocycles. The number of aromatic nitrogens is 1. The number of carbonyl (C=O) groups is 2. The number of imide groups is 1. The second-order valence-corrected chi connectivity index (χ2v) is 7.93. The Morgan fingerprint density at radius 2 is 1.66 bits per heavy atom. The van der Waals surface area contributed by atoms with Crippen LogP contribution in [0.2, 0.25) is 0 Å². The van der Waals surface area contributed by atoms with Crippen LogP contribution in [-0.4, -0.2) is 16.1 Å². The van der Waals surface area contributed by atoms with Gasteiger partial charge in [-0.25, -0.2) is 0 Å². The molecule has 0 saturated carbocycles. The van der Waals surface area contributed by atoms with Crippen LogP contribution in [0.25, 0.3) is 16.5 Å². The van der Waals surface area contributed by atoms with Gasteiger partial charge in [0.05, 0.1) is 16.0 Å². The van der Waals surface area contributed by atoms with Gasteiger partial charge >= 0.3 is 12.4 Å². The third-order valence-corrected chi connectivity index (χ3v) is 5.84. The summed E-state index contributed by atoms with van der Waals surface area (Å²) in [5.41, 5.74) is -2.23. The van der Waals surface area contributed by atoms with Crippen LogP contribution in [0.5, 0.6) is 0 Å². The van der Waals surface area contributed by atoms with Crippen LogP contribution in [0.1, 0.15) is 22.3 Å². The first-order chi connectivity index (χ1) is 14.9. The van der Waals surface area contributed by atoms with Crippen molar-refractivity contribution in [1.82, 2.24) is 10.3 Å². The molecule has 2 aromatic carbocycles. The maximum Gasteiger partial charge on any atom is 0.416 e. The fourth-order valence-electron chi connectivity index (χ4n) is 3.49. The van der Waals surface area contributed by atoms with Crippen LogP contribution in [0.4, 0.5) is 31.1 Å². The van der Waals surface area contributed by atoms with E-state index in [1.54, 1.807) is 24.3 Å². The maximum atomic E-state index is 13.7. The fourth-order valence-corrected chi connectivity index (χ4v) is 4.27. The normalized spacial score (nSPS) is 16.6. The quantitative estimate of drug-likeness (QED) is 0.357. The average Bonchev–Trinajstić information content (AvgIpc) is 3.27. The van der Waals surface area contributed by atoms with Gasteiger partial charge < -0.3 is 4.98 Å². The van der Waals surface area contributed by atoms with Crippen LogP contribution in [0, 0.1) is 0 Å². The molecule has 0 aliphatic carbocycles. The van der Waals surface area contributed by atoms with Crippen LogP contribution in [0.15, 0.2) is 53.6 Å². The van der Waals surface area contributed by atoms with E-state index in [-0.39, 0.29) is 16.5 Å². The van der Waals surface area contributed by atoms with E-state index in [4.69, 9.17) is 0 Å². The number of halogens is 6. The molecule has 0 bridgehead atoms. The van der Waals surface area contributed by atoms with Crippen molar-refractivity contribution in [2.24, 2.45) is 0 Å². The molecule has 3 aromatic rings. The van der Waals surface area contributed by atoms with Gasteiger partial charge in [0.2, 0.25) is 0 Å². The number of benzene rings is 2. The molecule has 1 aliphatic heterocycles. The van der Waals surface area contributed by atoms with E-state index in [1.165, 1.54) is 6.20 Å². The largest absolute Gasteiger partial charge is 0.416 e. The topological polar surface area (TPSA) is 62.0 Å². The molecule has 2 heterocycles. The van der Waals surface area contributed by atoms with Gasteiger partial charge in [-0.05, 0) is 41.1 Å². The second-order valence-electron chi connectivity index (χ2n) is 6.94. The molecule has 11 heteroatoms. The lowest BCUT2D eigenvalue weighted by Gasteiger charge is -2.17. The molecule has 4 nitrogen and oxygen atoms in total. The highest BCUT2D eigenvalue weighted by molar-refractivity contribution is 8.18. The van der Waals surface area contributed by atoms with Gasteiger partial charge in [0.1, 0.15) is 0 Å². The minimum atomic E-state index is -5.06. The Morgan fingerprint density at radius 3 is 2.28 bits per heavy atom. The molecule has 2 amide bonds. The molecule has 4 rings (SSSR count). The molecular weight excluding hydrogens is 458 g/mol. The summed E-state index contributed by atoms with van der Waals surface area (Å²) in [5.74, 6) is -0.777. The zero-order valence-corrected chi connectivity index (χ0v) is 16.6. The summed E-state index contributed by atoms with van der Waals surface area (Å²) in [6, 6.07) is 8.18. The number of nitrogens with one attached hydrogen (secondary N) is 2. The van der Waals surface area contributed by atoms with Gasteiger partial charge in [-0.2, -0.15) is 26.3 Å². The van der Waals surface area contributed by atoms with Crippen molar-refractivity contribution >= 4 is 39.4 Å². The van der Waals surface area contributed by atoms with E-state index in [0.29, 0.717) is 34.3 Å². The van der Waals surface area contributed by atoms with Crippen molar-refractivity contribution in [2.45, 2.75) is 18.8 Å². The van der Waals surface area contributed by atoms with Crippen LogP contribution >= 0.6 is 11.8 Å². The molecule has 0 spiro atoms. The predicted molar refractivity (Wildman–Crippen MR) is 106 cm³/mol. The average molecular weight is 470 g/mol. The smallest absolute Gasteiger partial charge is 0.361 e. The predicted octanol–water partition coefficient (Wildman–Crippen LogP) is 6.14. The summed E-state index contributed by atoms with van der Waals surface area (Å²) in [5, 5.41) is 1.96. The maximum absolute atomic E-state index is 13.7. The Bertz CT molecular complexity index is 1270. The van der Waals surface area contributed by atoms with E-state index in [0.717, 1.165) is 6.07 Å². The van der Waals surface area contributed by atoms with Crippen LogP contribution in [-0.2, 0) is 23.6 Å². The molecule has 2 N–H and O–H groups in total. The van der Waals surface area contributed by atoms with Crippen LogP contribution in [0.3, 0.4) is 0 Å². The Labute approximate surface area is 180 Å². The molecule has 1 aromatic heterocycles. The third kappa shape index (κ3) is 4.12. The van der Waals surface area contributed by atoms with E-state index in [9.17, 15) is 35.9 Å². The van der Waals surface area contributed by atoms with Crippen molar-refractivity contribution in [3.8, 4) is 0 Å². The number of hydrogen-bond acceptors (Lipinski definition) is 3. The lowest BCUT2D eigenvalue weighted by atomic mass is 9.92.